The fourth-order valence-electron chi connectivity index (χ4n) is 4.82. The Morgan fingerprint density at radius 2 is 1.57 bits per heavy atom. The van der Waals surface area contributed by atoms with Crippen molar-refractivity contribution >= 4 is 18.0 Å². The second kappa shape index (κ2) is 13.8. The SMILES string of the molecule is CC(C)(Cc1cccc(CC(=O)NCc2cccc(-c3ccc(O)cc3)c2)c1)NC[C@@H](O)c1ccc(O)c(NC=O)c1. The summed E-state index contributed by atoms with van der Waals surface area (Å²) in [5, 5.41) is 38.9. The second-order valence-electron chi connectivity index (χ2n) is 11.0. The third-order valence-electron chi connectivity index (χ3n) is 7.01. The summed E-state index contributed by atoms with van der Waals surface area (Å²) in [7, 11) is 0. The van der Waals surface area contributed by atoms with Crippen molar-refractivity contribution in [3.8, 4) is 22.6 Å². The lowest BCUT2D eigenvalue weighted by molar-refractivity contribution is -0.120. The molecule has 0 saturated carbocycles. The summed E-state index contributed by atoms with van der Waals surface area (Å²) < 4.78 is 0. The molecule has 8 nitrogen and oxygen atoms in total. The number of benzene rings is 4. The zero-order chi connectivity index (χ0) is 30.1. The Hall–Kier alpha value is -4.66. The molecule has 4 aromatic rings. The van der Waals surface area contributed by atoms with E-state index < -0.39 is 6.10 Å². The minimum absolute atomic E-state index is 0.0694. The van der Waals surface area contributed by atoms with Gasteiger partial charge in [-0.25, -0.2) is 0 Å². The number of aromatic hydroxyl groups is 2. The molecule has 2 amide bonds. The monoisotopic (exact) mass is 567 g/mol. The number of carbonyl (C=O) groups excluding carboxylic acids is 2. The van der Waals surface area contributed by atoms with E-state index in [2.05, 4.69) is 16.0 Å². The number of nitrogens with one attached hydrogen (secondary N) is 3. The Bertz CT molecular complexity index is 1520. The van der Waals surface area contributed by atoms with Crippen LogP contribution in [0.1, 0.15) is 42.2 Å². The van der Waals surface area contributed by atoms with Gasteiger partial charge in [0.2, 0.25) is 12.3 Å². The van der Waals surface area contributed by atoms with Crippen LogP contribution in [-0.2, 0) is 29.0 Å². The number of hydrogen-bond donors (Lipinski definition) is 6. The average molecular weight is 568 g/mol. The minimum Gasteiger partial charge on any atom is -0.508 e. The number of anilines is 1. The maximum atomic E-state index is 12.8. The van der Waals surface area contributed by atoms with Gasteiger partial charge in [0.25, 0.3) is 0 Å². The summed E-state index contributed by atoms with van der Waals surface area (Å²) in [5.74, 6) is 0.0828. The number of β-amino-alcohol motifs (C(OH)–C–C–N with tert-alkyl or cyclic N) is 1. The van der Waals surface area contributed by atoms with Crippen LogP contribution in [0.2, 0.25) is 0 Å². The number of aliphatic hydroxyl groups is 1. The van der Waals surface area contributed by atoms with E-state index >= 15 is 0 Å². The average Bonchev–Trinajstić information content (AvgIpc) is 2.96. The van der Waals surface area contributed by atoms with Crippen molar-refractivity contribution in [2.75, 3.05) is 11.9 Å². The number of phenolic OH excluding ortho intramolecular Hbond substituents is 2. The van der Waals surface area contributed by atoms with E-state index in [0.717, 1.165) is 27.8 Å². The molecule has 218 valence electrons. The highest BCUT2D eigenvalue weighted by atomic mass is 16.3. The molecule has 4 rings (SSSR count). The molecule has 4 aromatic carbocycles. The number of phenols is 2. The summed E-state index contributed by atoms with van der Waals surface area (Å²) in [6.45, 7) is 4.77. The zero-order valence-electron chi connectivity index (χ0n) is 23.8. The molecule has 0 heterocycles. The van der Waals surface area contributed by atoms with Crippen molar-refractivity contribution in [3.05, 3.63) is 113 Å². The molecule has 0 spiro atoms. The van der Waals surface area contributed by atoms with Crippen molar-refractivity contribution in [1.82, 2.24) is 10.6 Å². The number of amides is 2. The Labute approximate surface area is 246 Å². The standard InChI is InChI=1S/C34H37N3O5/c1-34(2,37-21-32(41)28-11-14-31(40)30(18-28)36-22-38)19-24-6-3-5-23(15-24)17-33(42)35-20-25-7-4-8-27(16-25)26-9-12-29(39)13-10-26/h3-16,18,22,32,37,39-41H,17,19-21H2,1-2H3,(H,35,42)(H,36,38)/t32-/m1/s1. The summed E-state index contributed by atoms with van der Waals surface area (Å²) >= 11 is 0. The van der Waals surface area contributed by atoms with Crippen LogP contribution in [-0.4, -0.2) is 39.7 Å². The largest absolute Gasteiger partial charge is 0.508 e. The predicted octanol–water partition coefficient (Wildman–Crippen LogP) is 4.84. The van der Waals surface area contributed by atoms with Gasteiger partial charge in [-0.05, 0) is 84.0 Å². The number of carbonyl (C=O) groups is 2. The van der Waals surface area contributed by atoms with Crippen molar-refractivity contribution in [1.29, 1.82) is 0 Å². The number of rotatable bonds is 13. The topological polar surface area (TPSA) is 131 Å². The van der Waals surface area contributed by atoms with Gasteiger partial charge >= 0.3 is 0 Å². The van der Waals surface area contributed by atoms with Gasteiger partial charge in [-0.1, -0.05) is 60.7 Å². The highest BCUT2D eigenvalue weighted by Gasteiger charge is 2.21. The molecule has 0 aromatic heterocycles. The predicted molar refractivity (Wildman–Crippen MR) is 164 cm³/mol. The molecule has 1 atom stereocenters. The Balaban J connectivity index is 1.29. The normalized spacial score (nSPS) is 12.0. The van der Waals surface area contributed by atoms with E-state index in [1.165, 1.54) is 6.07 Å². The first-order chi connectivity index (χ1) is 20.1. The van der Waals surface area contributed by atoms with Crippen LogP contribution in [0.25, 0.3) is 11.1 Å². The van der Waals surface area contributed by atoms with E-state index in [4.69, 9.17) is 0 Å². The Morgan fingerprint density at radius 1 is 0.857 bits per heavy atom. The lowest BCUT2D eigenvalue weighted by Gasteiger charge is -2.28. The zero-order valence-corrected chi connectivity index (χ0v) is 23.8. The van der Waals surface area contributed by atoms with Gasteiger partial charge in [-0.3, -0.25) is 9.59 Å². The van der Waals surface area contributed by atoms with Crippen LogP contribution < -0.4 is 16.0 Å². The maximum absolute atomic E-state index is 12.8. The number of aliphatic hydroxyl groups excluding tert-OH is 1. The molecule has 8 heteroatoms. The summed E-state index contributed by atoms with van der Waals surface area (Å²) in [6.07, 6.45) is 0.570. The van der Waals surface area contributed by atoms with Crippen LogP contribution in [0.5, 0.6) is 11.5 Å². The van der Waals surface area contributed by atoms with Crippen molar-refractivity contribution in [3.63, 3.8) is 0 Å². The van der Waals surface area contributed by atoms with Crippen LogP contribution in [0.15, 0.2) is 91.0 Å². The van der Waals surface area contributed by atoms with E-state index in [0.29, 0.717) is 24.9 Å². The van der Waals surface area contributed by atoms with Crippen molar-refractivity contribution in [2.45, 2.75) is 44.9 Å². The number of hydrogen-bond acceptors (Lipinski definition) is 6. The fourth-order valence-corrected chi connectivity index (χ4v) is 4.82. The lowest BCUT2D eigenvalue weighted by atomic mass is 9.93. The fraction of sp³-hybridized carbons (Fsp3) is 0.235. The molecule has 0 unspecified atom stereocenters. The molecule has 0 radical (unpaired) electrons. The van der Waals surface area contributed by atoms with E-state index in [-0.39, 0.29) is 41.6 Å². The van der Waals surface area contributed by atoms with Gasteiger partial charge in [0.15, 0.2) is 0 Å². The molecule has 0 fully saturated rings. The first kappa shape index (κ1) is 30.3. The second-order valence-corrected chi connectivity index (χ2v) is 11.0. The molecule has 0 aliphatic heterocycles. The van der Waals surface area contributed by atoms with E-state index in [1.54, 1.807) is 24.3 Å². The first-order valence-electron chi connectivity index (χ1n) is 13.8. The Kier molecular flexibility index (Phi) is 9.96. The Morgan fingerprint density at radius 3 is 2.33 bits per heavy atom. The van der Waals surface area contributed by atoms with Gasteiger partial charge in [0.05, 0.1) is 18.2 Å². The maximum Gasteiger partial charge on any atom is 0.224 e. The van der Waals surface area contributed by atoms with Gasteiger partial charge in [-0.2, -0.15) is 0 Å². The van der Waals surface area contributed by atoms with Crippen molar-refractivity contribution < 1.29 is 24.9 Å². The molecule has 0 aliphatic carbocycles. The van der Waals surface area contributed by atoms with Crippen molar-refractivity contribution in [2.24, 2.45) is 0 Å². The summed E-state index contributed by atoms with van der Waals surface area (Å²) in [5.41, 5.74) is 5.43. The highest BCUT2D eigenvalue weighted by Crippen LogP contribution is 2.27. The molecular weight excluding hydrogens is 530 g/mol. The first-order valence-corrected chi connectivity index (χ1v) is 13.8. The third kappa shape index (κ3) is 8.67. The van der Waals surface area contributed by atoms with E-state index in [9.17, 15) is 24.9 Å². The van der Waals surface area contributed by atoms with E-state index in [1.807, 2.05) is 74.5 Å². The quantitative estimate of drug-likeness (QED) is 0.101. The van der Waals surface area contributed by atoms with Crippen LogP contribution >= 0.6 is 0 Å². The molecule has 0 bridgehead atoms. The lowest BCUT2D eigenvalue weighted by Crippen LogP contribution is -2.43. The van der Waals surface area contributed by atoms with Gasteiger partial charge < -0.3 is 31.3 Å². The third-order valence-corrected chi connectivity index (χ3v) is 7.01. The highest BCUT2D eigenvalue weighted by molar-refractivity contribution is 5.78. The molecular formula is C34H37N3O5. The minimum atomic E-state index is -0.839. The molecule has 0 saturated heterocycles. The van der Waals surface area contributed by atoms with Crippen LogP contribution in [0.4, 0.5) is 5.69 Å². The summed E-state index contributed by atoms with van der Waals surface area (Å²) in [6, 6.07) is 27.5. The van der Waals surface area contributed by atoms with Gasteiger partial charge in [0, 0.05) is 18.6 Å². The molecule has 6 N–H and O–H groups in total. The smallest absolute Gasteiger partial charge is 0.224 e. The summed E-state index contributed by atoms with van der Waals surface area (Å²) in [4.78, 5) is 23.5. The van der Waals surface area contributed by atoms with Gasteiger partial charge in [-0.15, -0.1) is 0 Å². The van der Waals surface area contributed by atoms with Gasteiger partial charge in [0.1, 0.15) is 11.5 Å². The molecule has 0 aliphatic rings. The van der Waals surface area contributed by atoms with Crippen LogP contribution in [0, 0.1) is 0 Å². The van der Waals surface area contributed by atoms with Crippen LogP contribution in [0.3, 0.4) is 0 Å². The molecule has 42 heavy (non-hydrogen) atoms.